The van der Waals surface area contributed by atoms with Crippen molar-refractivity contribution in [3.63, 3.8) is 0 Å². The van der Waals surface area contributed by atoms with Crippen LogP contribution in [0.3, 0.4) is 0 Å². The third kappa shape index (κ3) is 7.50. The fourth-order valence-corrected chi connectivity index (χ4v) is 8.75. The van der Waals surface area contributed by atoms with Crippen LogP contribution < -0.4 is 0 Å². The minimum atomic E-state index is 0.0743. The van der Waals surface area contributed by atoms with E-state index < -0.39 is 0 Å². The lowest BCUT2D eigenvalue weighted by atomic mass is 9.70. The topological polar surface area (TPSA) is 0 Å². The maximum absolute atomic E-state index is 2.58. The molecule has 6 rings (SSSR count). The van der Waals surface area contributed by atoms with E-state index in [1.165, 1.54) is 145 Å². The molecule has 5 aromatic carbocycles. The molecule has 0 saturated heterocycles. The van der Waals surface area contributed by atoms with Gasteiger partial charge in [0.2, 0.25) is 0 Å². The van der Waals surface area contributed by atoms with Crippen molar-refractivity contribution in [1.82, 2.24) is 0 Å². The lowest BCUT2D eigenvalue weighted by Gasteiger charge is -2.33. The van der Waals surface area contributed by atoms with Crippen LogP contribution in [0.15, 0.2) is 91.0 Å². The van der Waals surface area contributed by atoms with E-state index in [0.717, 1.165) is 0 Å². The third-order valence-corrected chi connectivity index (χ3v) is 11.4. The van der Waals surface area contributed by atoms with Gasteiger partial charge in [0, 0.05) is 5.41 Å². The standard InChI is InChI=1S/C49H58/c1-5-8-10-12-14-20-33-49(34-21-15-13-11-9-6-2)47-35-38(22-7-3)28-31-45(47)46-32-29-39(36-48(46)49)27-30-44-42-25-18-16-23-40(42)37(4)41-24-17-19-26-43(41)44/h7,16-19,22-32,35-36H,5-6,8-15,20-21,33-34H2,1-4H3/b22-7+,30-27+. The van der Waals surface area contributed by atoms with Crippen molar-refractivity contribution in [3.05, 3.63) is 124 Å². The average molecular weight is 647 g/mol. The monoisotopic (exact) mass is 646 g/mol. The Morgan fingerprint density at radius 1 is 0.490 bits per heavy atom. The van der Waals surface area contributed by atoms with Crippen molar-refractivity contribution < 1.29 is 0 Å². The van der Waals surface area contributed by atoms with E-state index in [0.29, 0.717) is 0 Å². The van der Waals surface area contributed by atoms with Gasteiger partial charge in [-0.15, -0.1) is 0 Å². The molecule has 254 valence electrons. The summed E-state index contributed by atoms with van der Waals surface area (Å²) in [6, 6.07) is 32.5. The molecule has 0 nitrogen and oxygen atoms in total. The zero-order valence-corrected chi connectivity index (χ0v) is 30.8. The second kappa shape index (κ2) is 16.7. The molecular weight excluding hydrogens is 589 g/mol. The molecule has 0 bridgehead atoms. The van der Waals surface area contributed by atoms with E-state index in [1.807, 2.05) is 0 Å². The molecule has 5 aromatic rings. The summed E-state index contributed by atoms with van der Waals surface area (Å²) in [7, 11) is 0. The Kier molecular flexibility index (Phi) is 11.9. The summed E-state index contributed by atoms with van der Waals surface area (Å²) >= 11 is 0. The maximum Gasteiger partial charge on any atom is 0.0215 e. The van der Waals surface area contributed by atoms with Gasteiger partial charge in [-0.3, -0.25) is 0 Å². The number of aryl methyl sites for hydroxylation is 1. The molecule has 1 aliphatic carbocycles. The smallest absolute Gasteiger partial charge is 0.0215 e. The highest BCUT2D eigenvalue weighted by molar-refractivity contribution is 6.10. The molecule has 0 amide bonds. The van der Waals surface area contributed by atoms with Gasteiger partial charge in [0.25, 0.3) is 0 Å². The van der Waals surface area contributed by atoms with Crippen molar-refractivity contribution in [2.75, 3.05) is 0 Å². The predicted molar refractivity (Wildman–Crippen MR) is 218 cm³/mol. The zero-order chi connectivity index (χ0) is 34.1. The Morgan fingerprint density at radius 3 is 1.43 bits per heavy atom. The third-order valence-electron chi connectivity index (χ3n) is 11.4. The molecule has 0 heteroatoms. The number of allylic oxidation sites excluding steroid dienone is 1. The minimum absolute atomic E-state index is 0.0743. The molecule has 0 saturated carbocycles. The second-order valence-corrected chi connectivity index (χ2v) is 14.7. The zero-order valence-electron chi connectivity index (χ0n) is 30.8. The Bertz CT molecular complexity index is 1840. The van der Waals surface area contributed by atoms with Crippen LogP contribution in [-0.4, -0.2) is 0 Å². The highest BCUT2D eigenvalue weighted by Crippen LogP contribution is 2.55. The number of hydrogen-bond acceptors (Lipinski definition) is 0. The van der Waals surface area contributed by atoms with E-state index in [9.17, 15) is 0 Å². The van der Waals surface area contributed by atoms with Crippen molar-refractivity contribution in [2.45, 2.75) is 123 Å². The summed E-state index contributed by atoms with van der Waals surface area (Å²) in [5, 5.41) is 5.36. The van der Waals surface area contributed by atoms with Crippen LogP contribution in [0.4, 0.5) is 0 Å². The first-order valence-corrected chi connectivity index (χ1v) is 19.6. The van der Waals surface area contributed by atoms with Gasteiger partial charge in [-0.2, -0.15) is 0 Å². The number of hydrogen-bond donors (Lipinski definition) is 0. The van der Waals surface area contributed by atoms with Gasteiger partial charge in [0.05, 0.1) is 0 Å². The Labute approximate surface area is 297 Å². The van der Waals surface area contributed by atoms with Crippen LogP contribution in [0.1, 0.15) is 144 Å². The summed E-state index contributed by atoms with van der Waals surface area (Å²) in [6.07, 6.45) is 27.8. The van der Waals surface area contributed by atoms with E-state index in [-0.39, 0.29) is 5.41 Å². The first-order valence-electron chi connectivity index (χ1n) is 19.6. The van der Waals surface area contributed by atoms with Crippen LogP contribution in [0.2, 0.25) is 0 Å². The van der Waals surface area contributed by atoms with Gasteiger partial charge in [-0.25, -0.2) is 0 Å². The SMILES string of the molecule is C/C=C/c1ccc2c(c1)C(CCCCCCCC)(CCCCCCCC)c1cc(/C=C/c3c4ccccc4c(C)c4ccccc34)ccc1-2. The second-order valence-electron chi connectivity index (χ2n) is 14.7. The fourth-order valence-electron chi connectivity index (χ4n) is 8.75. The normalized spacial score (nSPS) is 13.6. The number of unbranched alkanes of at least 4 members (excludes halogenated alkanes) is 10. The highest BCUT2D eigenvalue weighted by atomic mass is 14.4. The Morgan fingerprint density at radius 2 is 0.939 bits per heavy atom. The van der Waals surface area contributed by atoms with E-state index >= 15 is 0 Å². The van der Waals surface area contributed by atoms with Gasteiger partial charge in [-0.1, -0.05) is 200 Å². The molecule has 49 heavy (non-hydrogen) atoms. The molecule has 0 spiro atoms. The lowest BCUT2D eigenvalue weighted by molar-refractivity contribution is 0.398. The molecular formula is C49H58. The van der Waals surface area contributed by atoms with Crippen molar-refractivity contribution in [1.29, 1.82) is 0 Å². The van der Waals surface area contributed by atoms with Crippen LogP contribution in [-0.2, 0) is 5.41 Å². The molecule has 0 radical (unpaired) electrons. The summed E-state index contributed by atoms with van der Waals surface area (Å²) in [5.41, 5.74) is 11.5. The number of benzene rings is 5. The molecule has 0 atom stereocenters. The van der Waals surface area contributed by atoms with Crippen molar-refractivity contribution in [2.24, 2.45) is 0 Å². The highest BCUT2D eigenvalue weighted by Gasteiger charge is 2.42. The van der Waals surface area contributed by atoms with Crippen molar-refractivity contribution in [3.8, 4) is 11.1 Å². The van der Waals surface area contributed by atoms with Crippen molar-refractivity contribution >= 4 is 39.8 Å². The lowest BCUT2D eigenvalue weighted by Crippen LogP contribution is -2.25. The first-order chi connectivity index (χ1) is 24.1. The molecule has 0 aromatic heterocycles. The Balaban J connectivity index is 1.42. The van der Waals surface area contributed by atoms with E-state index in [2.05, 4.69) is 137 Å². The predicted octanol–water partition coefficient (Wildman–Crippen LogP) is 15.3. The van der Waals surface area contributed by atoms with Gasteiger partial charge >= 0.3 is 0 Å². The molecule has 0 aliphatic heterocycles. The summed E-state index contributed by atoms with van der Waals surface area (Å²) in [4.78, 5) is 0. The van der Waals surface area contributed by atoms with Crippen LogP contribution >= 0.6 is 0 Å². The molecule has 0 fully saturated rings. The number of rotatable bonds is 17. The van der Waals surface area contributed by atoms with Crippen LogP contribution in [0, 0.1) is 6.92 Å². The molecule has 0 N–H and O–H groups in total. The fraction of sp³-hybridized carbons (Fsp3) is 0.388. The average Bonchev–Trinajstić information content (AvgIpc) is 3.39. The number of fused-ring (bicyclic) bond motifs is 5. The maximum atomic E-state index is 2.58. The van der Waals surface area contributed by atoms with E-state index in [1.54, 1.807) is 11.1 Å². The molecule has 0 heterocycles. The quantitative estimate of drug-likeness (QED) is 0.0536. The molecule has 0 unspecified atom stereocenters. The summed E-state index contributed by atoms with van der Waals surface area (Å²) in [5.74, 6) is 0. The van der Waals surface area contributed by atoms with Gasteiger partial charge in [-0.05, 0) is 92.7 Å². The van der Waals surface area contributed by atoms with E-state index in [4.69, 9.17) is 0 Å². The minimum Gasteiger partial charge on any atom is -0.0871 e. The summed E-state index contributed by atoms with van der Waals surface area (Å²) in [6.45, 7) is 9.05. The van der Waals surface area contributed by atoms with Crippen LogP contribution in [0.5, 0.6) is 0 Å². The first kappa shape index (κ1) is 34.9. The van der Waals surface area contributed by atoms with Gasteiger partial charge < -0.3 is 0 Å². The Hall–Kier alpha value is -3.90. The largest absolute Gasteiger partial charge is 0.0871 e. The van der Waals surface area contributed by atoms with Crippen LogP contribution in [0.25, 0.3) is 50.9 Å². The summed E-state index contributed by atoms with van der Waals surface area (Å²) < 4.78 is 0. The molecule has 1 aliphatic rings. The van der Waals surface area contributed by atoms with Gasteiger partial charge in [0.1, 0.15) is 0 Å². The van der Waals surface area contributed by atoms with Gasteiger partial charge in [0.15, 0.2) is 0 Å².